The second kappa shape index (κ2) is 9.01. The van der Waals surface area contributed by atoms with Crippen LogP contribution in [0.4, 0.5) is 28.4 Å². The van der Waals surface area contributed by atoms with Gasteiger partial charge in [0.25, 0.3) is 0 Å². The quantitative estimate of drug-likeness (QED) is 0.214. The van der Waals surface area contributed by atoms with Crippen LogP contribution in [-0.4, -0.2) is 12.8 Å². The van der Waals surface area contributed by atoms with Gasteiger partial charge in [0.2, 0.25) is 6.71 Å². The summed E-state index contributed by atoms with van der Waals surface area (Å²) in [6, 6.07) is 43.3. The van der Waals surface area contributed by atoms with Crippen molar-refractivity contribution in [3.63, 3.8) is 0 Å². The van der Waals surface area contributed by atoms with E-state index in [1.54, 1.807) is 0 Å². The van der Waals surface area contributed by atoms with Crippen LogP contribution in [-0.2, 0) is 0 Å². The van der Waals surface area contributed by atoms with E-state index in [-0.39, 0.29) is 0 Å². The zero-order valence-electron chi connectivity index (χ0n) is 23.0. The molecule has 0 aromatic heterocycles. The van der Waals surface area contributed by atoms with Crippen LogP contribution in [0.25, 0.3) is 10.8 Å². The molecule has 3 unspecified atom stereocenters. The van der Waals surface area contributed by atoms with Gasteiger partial charge in [-0.05, 0) is 94.7 Å². The molecule has 0 saturated heterocycles. The molecule has 4 atom stereocenters. The fourth-order valence-corrected chi connectivity index (χ4v) is 8.51. The van der Waals surface area contributed by atoms with Crippen LogP contribution in [0.3, 0.4) is 0 Å². The van der Waals surface area contributed by atoms with E-state index in [0.29, 0.717) is 30.4 Å². The van der Waals surface area contributed by atoms with Crippen molar-refractivity contribution in [2.45, 2.75) is 24.7 Å². The molecule has 1 saturated carbocycles. The standard InChI is InChI=1S/C38H31BN2/c1-3-15-29(16-4-1)40-33-20-11-21-34-38(33)39(37-31-19-10-9-12-26(31)22-23-35(37)40)32-24-27-13-7-8-14-28(27)25-36(32)41(34)30-17-5-2-6-18-30/h1-23,27-28,32,36H,24-25H2/t27?,28?,32-,36?/m1/s1. The van der Waals surface area contributed by atoms with Crippen LogP contribution in [0.15, 0.2) is 140 Å². The number of anilines is 5. The van der Waals surface area contributed by atoms with Crippen molar-refractivity contribution in [1.82, 2.24) is 0 Å². The lowest BCUT2D eigenvalue weighted by Crippen LogP contribution is -2.64. The molecule has 196 valence electrons. The maximum absolute atomic E-state index is 2.71. The molecule has 2 heterocycles. The maximum atomic E-state index is 2.71. The number of nitrogens with zero attached hydrogens (tertiary/aromatic N) is 2. The van der Waals surface area contributed by atoms with Crippen LogP contribution in [0.1, 0.15) is 12.8 Å². The predicted molar refractivity (Wildman–Crippen MR) is 174 cm³/mol. The molecule has 2 aliphatic heterocycles. The number of rotatable bonds is 2. The first kappa shape index (κ1) is 23.2. The first-order chi connectivity index (χ1) is 20.4. The van der Waals surface area contributed by atoms with E-state index >= 15 is 0 Å². The van der Waals surface area contributed by atoms with Crippen molar-refractivity contribution in [2.24, 2.45) is 11.8 Å². The largest absolute Gasteiger partial charge is 0.339 e. The normalized spacial score (nSPS) is 23.6. The Labute approximate surface area is 242 Å². The predicted octanol–water partition coefficient (Wildman–Crippen LogP) is 8.27. The van der Waals surface area contributed by atoms with E-state index in [4.69, 9.17) is 0 Å². The van der Waals surface area contributed by atoms with Crippen molar-refractivity contribution in [1.29, 1.82) is 0 Å². The summed E-state index contributed by atoms with van der Waals surface area (Å²) in [6.07, 6.45) is 11.9. The van der Waals surface area contributed by atoms with E-state index in [0.717, 1.165) is 0 Å². The highest BCUT2D eigenvalue weighted by Crippen LogP contribution is 2.53. The number of benzene rings is 5. The Bertz CT molecular complexity index is 1840. The van der Waals surface area contributed by atoms with Gasteiger partial charge in [0.1, 0.15) is 0 Å². The lowest BCUT2D eigenvalue weighted by Gasteiger charge is -2.55. The number of fused-ring (bicyclic) bond motifs is 7. The molecule has 0 radical (unpaired) electrons. The van der Waals surface area contributed by atoms with Crippen molar-refractivity contribution >= 4 is 56.8 Å². The van der Waals surface area contributed by atoms with Crippen molar-refractivity contribution < 1.29 is 0 Å². The van der Waals surface area contributed by atoms with Gasteiger partial charge >= 0.3 is 0 Å². The molecule has 3 heteroatoms. The minimum atomic E-state index is 0.340. The van der Waals surface area contributed by atoms with Gasteiger partial charge in [-0.15, -0.1) is 0 Å². The molecule has 9 rings (SSSR count). The zero-order chi connectivity index (χ0) is 26.9. The zero-order valence-corrected chi connectivity index (χ0v) is 23.0. The van der Waals surface area contributed by atoms with E-state index in [2.05, 4.69) is 149 Å². The third-order valence-corrected chi connectivity index (χ3v) is 10.1. The molecule has 0 spiro atoms. The molecule has 0 bridgehead atoms. The molecule has 2 aliphatic carbocycles. The van der Waals surface area contributed by atoms with Gasteiger partial charge in [-0.3, -0.25) is 0 Å². The highest BCUT2D eigenvalue weighted by Gasteiger charge is 2.53. The number of hydrogen-bond acceptors (Lipinski definition) is 2. The summed E-state index contributed by atoms with van der Waals surface area (Å²) in [5, 5.41) is 2.72. The molecule has 0 N–H and O–H groups in total. The van der Waals surface area contributed by atoms with Gasteiger partial charge in [0.15, 0.2) is 0 Å². The van der Waals surface area contributed by atoms with Gasteiger partial charge < -0.3 is 9.80 Å². The Morgan fingerprint density at radius 2 is 1.20 bits per heavy atom. The van der Waals surface area contributed by atoms with E-state index in [9.17, 15) is 0 Å². The maximum Gasteiger partial charge on any atom is 0.223 e. The Morgan fingerprint density at radius 3 is 2.00 bits per heavy atom. The van der Waals surface area contributed by atoms with Gasteiger partial charge in [0.05, 0.1) is 0 Å². The van der Waals surface area contributed by atoms with Crippen LogP contribution in [0.2, 0.25) is 5.82 Å². The van der Waals surface area contributed by atoms with Crippen LogP contribution in [0, 0.1) is 11.8 Å². The van der Waals surface area contributed by atoms with Crippen molar-refractivity contribution in [3.8, 4) is 0 Å². The summed E-state index contributed by atoms with van der Waals surface area (Å²) >= 11 is 0. The molecule has 5 aromatic carbocycles. The van der Waals surface area contributed by atoms with Crippen LogP contribution in [0.5, 0.6) is 0 Å². The molecule has 2 nitrogen and oxygen atoms in total. The average Bonchev–Trinajstić information content (AvgIpc) is 3.04. The fourth-order valence-electron chi connectivity index (χ4n) is 8.51. The van der Waals surface area contributed by atoms with Crippen molar-refractivity contribution in [2.75, 3.05) is 9.80 Å². The molecule has 1 fully saturated rings. The average molecular weight is 526 g/mol. The van der Waals surface area contributed by atoms with Gasteiger partial charge in [-0.1, -0.05) is 97.1 Å². The third-order valence-electron chi connectivity index (χ3n) is 10.1. The summed E-state index contributed by atoms with van der Waals surface area (Å²) in [6.45, 7) is 0.340. The van der Waals surface area contributed by atoms with E-state index < -0.39 is 0 Å². The summed E-state index contributed by atoms with van der Waals surface area (Å²) in [4.78, 5) is 5.23. The Hall–Kier alpha value is -4.50. The Balaban J connectivity index is 1.37. The minimum Gasteiger partial charge on any atom is -0.339 e. The first-order valence-electron chi connectivity index (χ1n) is 15.1. The Kier molecular flexibility index (Phi) is 5.10. The lowest BCUT2D eigenvalue weighted by molar-refractivity contribution is 0.297. The Morgan fingerprint density at radius 1 is 0.537 bits per heavy atom. The highest BCUT2D eigenvalue weighted by molar-refractivity contribution is 6.92. The highest BCUT2D eigenvalue weighted by atomic mass is 15.2. The molecule has 41 heavy (non-hydrogen) atoms. The number of hydrogen-bond donors (Lipinski definition) is 0. The molecule has 5 aromatic rings. The minimum absolute atomic E-state index is 0.340. The number of allylic oxidation sites excluding steroid dienone is 4. The molecular formula is C38H31BN2. The monoisotopic (exact) mass is 526 g/mol. The summed E-state index contributed by atoms with van der Waals surface area (Å²) in [5.74, 6) is 1.69. The van der Waals surface area contributed by atoms with E-state index in [1.807, 2.05) is 0 Å². The second-order valence-electron chi connectivity index (χ2n) is 12.1. The first-order valence-corrected chi connectivity index (χ1v) is 15.1. The smallest absolute Gasteiger partial charge is 0.223 e. The third kappa shape index (κ3) is 3.39. The summed E-state index contributed by atoms with van der Waals surface area (Å²) in [5.41, 5.74) is 9.53. The SMILES string of the molecule is C1=CC2CC3[C@@H](CC2C=C1)B1c2c(cccc2N3c2ccccc2)N(c2ccccc2)c2ccc3ccccc3c21. The van der Waals surface area contributed by atoms with Gasteiger partial charge in [-0.2, -0.15) is 0 Å². The topological polar surface area (TPSA) is 6.48 Å². The van der Waals surface area contributed by atoms with Crippen molar-refractivity contribution in [3.05, 3.63) is 140 Å². The van der Waals surface area contributed by atoms with Crippen LogP contribution >= 0.6 is 0 Å². The lowest BCUT2D eigenvalue weighted by atomic mass is 9.27. The molecular weight excluding hydrogens is 495 g/mol. The van der Waals surface area contributed by atoms with E-state index in [1.165, 1.54) is 63.0 Å². The fraction of sp³-hybridized carbons (Fsp3) is 0.158. The molecule has 0 amide bonds. The molecule has 4 aliphatic rings. The summed E-state index contributed by atoms with van der Waals surface area (Å²) in [7, 11) is 0. The van der Waals surface area contributed by atoms with Gasteiger partial charge in [-0.25, -0.2) is 0 Å². The second-order valence-corrected chi connectivity index (χ2v) is 12.1. The van der Waals surface area contributed by atoms with Crippen LogP contribution < -0.4 is 20.7 Å². The van der Waals surface area contributed by atoms with Gasteiger partial charge in [0, 0.05) is 34.5 Å². The summed E-state index contributed by atoms with van der Waals surface area (Å²) < 4.78 is 0. The number of para-hydroxylation sites is 2.